The average molecular weight is 468 g/mol. The number of hydrogen-bond acceptors (Lipinski definition) is 10. The Labute approximate surface area is 194 Å². The number of hydrogen-bond donors (Lipinski definition) is 4. The Bertz CT molecular complexity index is 1120. The SMILES string of the molecule is COc1cc(C(=O)C/C(CCC(=O)Nc2ccccc2N([O-])O)=N\NC(=O)CC#N)ccc1O. The van der Waals surface area contributed by atoms with Crippen LogP contribution in [0.5, 0.6) is 11.5 Å². The molecule has 0 aliphatic heterocycles. The number of anilines is 2. The molecule has 12 heteroatoms. The van der Waals surface area contributed by atoms with Crippen LogP contribution in [0.4, 0.5) is 11.4 Å². The Morgan fingerprint density at radius 1 is 1.18 bits per heavy atom. The molecule has 0 saturated carbocycles. The number of nitrogens with zero attached hydrogens (tertiary/aromatic N) is 3. The first kappa shape index (κ1) is 25.8. The van der Waals surface area contributed by atoms with E-state index in [2.05, 4.69) is 15.8 Å². The van der Waals surface area contributed by atoms with E-state index in [0.717, 1.165) is 0 Å². The molecule has 12 nitrogen and oxygen atoms in total. The van der Waals surface area contributed by atoms with Crippen LogP contribution in [0.1, 0.15) is 36.0 Å². The van der Waals surface area contributed by atoms with Crippen molar-refractivity contribution in [2.24, 2.45) is 5.10 Å². The first-order valence-corrected chi connectivity index (χ1v) is 9.91. The summed E-state index contributed by atoms with van der Waals surface area (Å²) in [7, 11) is 1.33. The van der Waals surface area contributed by atoms with Crippen molar-refractivity contribution < 1.29 is 29.4 Å². The van der Waals surface area contributed by atoms with Crippen molar-refractivity contribution in [3.05, 3.63) is 53.2 Å². The summed E-state index contributed by atoms with van der Waals surface area (Å²) < 4.78 is 4.99. The van der Waals surface area contributed by atoms with Gasteiger partial charge in [-0.05, 0) is 36.8 Å². The lowest BCUT2D eigenvalue weighted by Gasteiger charge is -2.24. The Balaban J connectivity index is 2.12. The number of nitrogens with one attached hydrogen (secondary N) is 2. The van der Waals surface area contributed by atoms with Crippen molar-refractivity contribution in [1.29, 1.82) is 5.26 Å². The van der Waals surface area contributed by atoms with Gasteiger partial charge in [0.15, 0.2) is 17.3 Å². The molecule has 178 valence electrons. The molecule has 0 aromatic heterocycles. The molecule has 2 rings (SSSR count). The van der Waals surface area contributed by atoms with Gasteiger partial charge in [-0.15, -0.1) is 0 Å². The average Bonchev–Trinajstić information content (AvgIpc) is 2.81. The van der Waals surface area contributed by atoms with E-state index in [1.165, 1.54) is 43.5 Å². The lowest BCUT2D eigenvalue weighted by Crippen LogP contribution is -2.22. The highest BCUT2D eigenvalue weighted by Gasteiger charge is 2.16. The van der Waals surface area contributed by atoms with E-state index < -0.39 is 24.0 Å². The molecule has 0 radical (unpaired) electrons. The molecule has 0 unspecified atom stereocenters. The summed E-state index contributed by atoms with van der Waals surface area (Å²) in [6, 6.07) is 11.5. The number of hydrazone groups is 1. The maximum absolute atomic E-state index is 12.7. The summed E-state index contributed by atoms with van der Waals surface area (Å²) in [4.78, 5) is 36.7. The van der Waals surface area contributed by atoms with Crippen LogP contribution in [0.3, 0.4) is 0 Å². The third-order valence-electron chi connectivity index (χ3n) is 4.47. The van der Waals surface area contributed by atoms with Crippen LogP contribution in [0.25, 0.3) is 0 Å². The van der Waals surface area contributed by atoms with Gasteiger partial charge in [-0.3, -0.25) is 19.6 Å². The highest BCUT2D eigenvalue weighted by Crippen LogP contribution is 2.27. The van der Waals surface area contributed by atoms with E-state index in [-0.39, 0.29) is 58.6 Å². The van der Waals surface area contributed by atoms with Crippen molar-refractivity contribution in [3.63, 3.8) is 0 Å². The number of benzene rings is 2. The van der Waals surface area contributed by atoms with Gasteiger partial charge >= 0.3 is 0 Å². The molecule has 0 spiro atoms. The summed E-state index contributed by atoms with van der Waals surface area (Å²) in [5.74, 6) is -1.69. The van der Waals surface area contributed by atoms with Crippen LogP contribution in [0.2, 0.25) is 0 Å². The molecule has 0 fully saturated rings. The predicted octanol–water partition coefficient (Wildman–Crippen LogP) is 2.47. The van der Waals surface area contributed by atoms with Gasteiger partial charge in [0.2, 0.25) is 5.91 Å². The minimum absolute atomic E-state index is 0.0397. The summed E-state index contributed by atoms with van der Waals surface area (Å²) in [6.45, 7) is 0. The number of carbonyl (C=O) groups is 3. The number of para-hydroxylation sites is 2. The van der Waals surface area contributed by atoms with Crippen molar-refractivity contribution in [3.8, 4) is 17.6 Å². The fourth-order valence-corrected chi connectivity index (χ4v) is 2.79. The number of aromatic hydroxyl groups is 1. The smallest absolute Gasteiger partial charge is 0.254 e. The molecule has 0 heterocycles. The maximum atomic E-state index is 12.7. The van der Waals surface area contributed by atoms with Crippen LogP contribution < -0.4 is 20.7 Å². The zero-order valence-corrected chi connectivity index (χ0v) is 18.1. The van der Waals surface area contributed by atoms with Crippen molar-refractivity contribution >= 4 is 34.7 Å². The second-order valence-corrected chi connectivity index (χ2v) is 6.87. The van der Waals surface area contributed by atoms with Crippen LogP contribution in [-0.2, 0) is 9.59 Å². The molecule has 2 aromatic carbocycles. The lowest BCUT2D eigenvalue weighted by molar-refractivity contribution is -0.120. The quantitative estimate of drug-likeness (QED) is 0.218. The zero-order valence-electron chi connectivity index (χ0n) is 18.1. The van der Waals surface area contributed by atoms with Gasteiger partial charge < -0.3 is 25.6 Å². The molecule has 0 atom stereocenters. The third-order valence-corrected chi connectivity index (χ3v) is 4.47. The highest BCUT2D eigenvalue weighted by atomic mass is 16.8. The van der Waals surface area contributed by atoms with Gasteiger partial charge in [0, 0.05) is 17.7 Å². The number of carbonyl (C=O) groups excluding carboxylic acids is 3. The van der Waals surface area contributed by atoms with E-state index in [4.69, 9.17) is 15.2 Å². The van der Waals surface area contributed by atoms with Crippen molar-refractivity contribution in [1.82, 2.24) is 5.43 Å². The van der Waals surface area contributed by atoms with E-state index >= 15 is 0 Å². The van der Waals surface area contributed by atoms with Crippen LogP contribution >= 0.6 is 0 Å². The Kier molecular flexibility index (Phi) is 9.51. The summed E-state index contributed by atoms with van der Waals surface area (Å²) >= 11 is 0. The van der Waals surface area contributed by atoms with Crippen molar-refractivity contribution in [2.45, 2.75) is 25.7 Å². The molecular formula is C22H22N5O7-. The Morgan fingerprint density at radius 2 is 1.91 bits per heavy atom. The number of amides is 2. The summed E-state index contributed by atoms with van der Waals surface area (Å²) in [5.41, 5.74) is 2.45. The number of rotatable bonds is 11. The standard InChI is InChI=1S/C22H22N5O7/c1-34-20-12-14(6-8-18(20)28)19(29)13-15(25-26-22(31)10-11-23)7-9-21(30)24-16-4-2-3-5-17(16)27(32)33/h2-6,8,12,28,32H,7,9-10,13H2,1H3,(H,24,30)(H,26,31)/q-1/b25-15-. The Morgan fingerprint density at radius 3 is 2.59 bits per heavy atom. The second-order valence-electron chi connectivity index (χ2n) is 6.87. The number of phenols is 1. The highest BCUT2D eigenvalue weighted by molar-refractivity contribution is 6.11. The molecule has 4 N–H and O–H groups in total. The van der Waals surface area contributed by atoms with Crippen molar-refractivity contribution in [2.75, 3.05) is 17.7 Å². The first-order chi connectivity index (χ1) is 16.2. The summed E-state index contributed by atoms with van der Waals surface area (Å²) in [5, 5.41) is 44.6. The Hall–Kier alpha value is -4.47. The molecule has 34 heavy (non-hydrogen) atoms. The van der Waals surface area contributed by atoms with E-state index in [0.29, 0.717) is 0 Å². The second kappa shape index (κ2) is 12.5. The minimum atomic E-state index is -0.685. The molecular weight excluding hydrogens is 446 g/mol. The fourth-order valence-electron chi connectivity index (χ4n) is 2.79. The molecule has 0 aliphatic rings. The lowest BCUT2D eigenvalue weighted by atomic mass is 10.0. The maximum Gasteiger partial charge on any atom is 0.254 e. The van der Waals surface area contributed by atoms with Crippen LogP contribution in [-0.4, -0.2) is 40.7 Å². The molecule has 0 saturated heterocycles. The summed E-state index contributed by atoms with van der Waals surface area (Å²) in [6.07, 6.45) is -0.917. The van der Waals surface area contributed by atoms with Crippen LogP contribution in [0.15, 0.2) is 47.6 Å². The number of nitriles is 1. The number of ketones is 1. The van der Waals surface area contributed by atoms with Gasteiger partial charge in [-0.2, -0.15) is 10.4 Å². The van der Waals surface area contributed by atoms with E-state index in [9.17, 15) is 24.7 Å². The number of methoxy groups -OCH3 is 1. The number of Topliss-reactive ketones (excluding diaryl/α,β-unsaturated/α-hetero) is 1. The third kappa shape index (κ3) is 7.59. The monoisotopic (exact) mass is 468 g/mol. The van der Waals surface area contributed by atoms with Gasteiger partial charge in [0.25, 0.3) is 5.91 Å². The topological polar surface area (TPSA) is 187 Å². The van der Waals surface area contributed by atoms with E-state index in [1.54, 1.807) is 12.1 Å². The first-order valence-electron chi connectivity index (χ1n) is 9.91. The molecule has 2 aromatic rings. The van der Waals surface area contributed by atoms with Crippen LogP contribution in [0, 0.1) is 16.5 Å². The predicted molar refractivity (Wildman–Crippen MR) is 121 cm³/mol. The van der Waals surface area contributed by atoms with Gasteiger partial charge in [0.05, 0.1) is 31.0 Å². The van der Waals surface area contributed by atoms with Gasteiger partial charge in [-0.1, -0.05) is 12.1 Å². The van der Waals surface area contributed by atoms with Gasteiger partial charge in [-0.25, -0.2) is 5.43 Å². The molecule has 0 aliphatic carbocycles. The number of phenolic OH excluding ortho intramolecular Hbond substituents is 1. The van der Waals surface area contributed by atoms with E-state index in [1.807, 2.05) is 0 Å². The minimum Gasteiger partial charge on any atom is -0.733 e. The number of ether oxygens (including phenoxy) is 1. The normalized spacial score (nSPS) is 10.7. The van der Waals surface area contributed by atoms with Gasteiger partial charge in [0.1, 0.15) is 6.42 Å². The molecule has 0 bridgehead atoms. The fraction of sp³-hybridized carbons (Fsp3) is 0.227. The zero-order chi connectivity index (χ0) is 25.1. The largest absolute Gasteiger partial charge is 0.733 e. The molecule has 2 amide bonds.